The van der Waals surface area contributed by atoms with Gasteiger partial charge in [-0.1, -0.05) is 11.5 Å². The molecule has 0 radical (unpaired) electrons. The summed E-state index contributed by atoms with van der Waals surface area (Å²) in [6, 6.07) is 1.86. The van der Waals surface area contributed by atoms with Crippen molar-refractivity contribution in [2.45, 2.75) is 12.8 Å². The van der Waals surface area contributed by atoms with Crippen LogP contribution in [0, 0.1) is 5.92 Å². The summed E-state index contributed by atoms with van der Waals surface area (Å²) in [6.45, 7) is 0.812. The molecule has 1 aromatic rings. The lowest BCUT2D eigenvalue weighted by Crippen LogP contribution is -2.26. The number of amides is 1. The fourth-order valence-corrected chi connectivity index (χ4v) is 1.34. The lowest BCUT2D eigenvalue weighted by atomic mass is 9.97. The molecule has 1 aliphatic carbocycles. The van der Waals surface area contributed by atoms with Crippen molar-refractivity contribution in [2.24, 2.45) is 5.92 Å². The fourth-order valence-electron chi connectivity index (χ4n) is 1.34. The van der Waals surface area contributed by atoms with Crippen molar-refractivity contribution in [3.05, 3.63) is 24.0 Å². The van der Waals surface area contributed by atoms with Gasteiger partial charge in [-0.3, -0.25) is 9.78 Å². The van der Waals surface area contributed by atoms with E-state index in [2.05, 4.69) is 10.3 Å². The molecule has 0 aromatic carbocycles. The molecule has 1 aliphatic rings. The Bertz CT molecular complexity index is 350. The van der Waals surface area contributed by atoms with E-state index in [1.54, 1.807) is 12.4 Å². The molecular formula is C10H13BN2O. The van der Waals surface area contributed by atoms with E-state index in [0.717, 1.165) is 17.9 Å². The van der Waals surface area contributed by atoms with Crippen molar-refractivity contribution in [1.82, 2.24) is 10.3 Å². The lowest BCUT2D eigenvalue weighted by molar-refractivity contribution is 0.0951. The summed E-state index contributed by atoms with van der Waals surface area (Å²) < 4.78 is 0. The van der Waals surface area contributed by atoms with Crippen molar-refractivity contribution in [2.75, 3.05) is 6.54 Å². The largest absolute Gasteiger partial charge is 0.352 e. The van der Waals surface area contributed by atoms with E-state index >= 15 is 0 Å². The third-order valence-electron chi connectivity index (χ3n) is 2.39. The van der Waals surface area contributed by atoms with Crippen LogP contribution < -0.4 is 10.8 Å². The molecule has 14 heavy (non-hydrogen) atoms. The van der Waals surface area contributed by atoms with Crippen LogP contribution >= 0.6 is 0 Å². The van der Waals surface area contributed by atoms with Crippen LogP contribution in [0.5, 0.6) is 0 Å². The smallest absolute Gasteiger partial charge is 0.252 e. The van der Waals surface area contributed by atoms with Crippen LogP contribution in [0.15, 0.2) is 18.5 Å². The molecule has 1 aromatic heterocycles. The van der Waals surface area contributed by atoms with Crippen molar-refractivity contribution in [3.8, 4) is 0 Å². The van der Waals surface area contributed by atoms with E-state index < -0.39 is 0 Å². The van der Waals surface area contributed by atoms with Crippen LogP contribution in [0.3, 0.4) is 0 Å². The van der Waals surface area contributed by atoms with E-state index in [-0.39, 0.29) is 5.91 Å². The van der Waals surface area contributed by atoms with Crippen molar-refractivity contribution < 1.29 is 4.79 Å². The number of carbonyl (C=O) groups is 1. The first-order valence-corrected chi connectivity index (χ1v) is 4.95. The van der Waals surface area contributed by atoms with E-state index in [0.29, 0.717) is 5.56 Å². The zero-order valence-electron chi connectivity index (χ0n) is 8.29. The van der Waals surface area contributed by atoms with Crippen LogP contribution in [-0.4, -0.2) is 25.3 Å². The maximum absolute atomic E-state index is 11.6. The molecule has 1 heterocycles. The molecule has 0 atom stereocenters. The second-order valence-electron chi connectivity index (χ2n) is 3.90. The maximum Gasteiger partial charge on any atom is 0.252 e. The molecule has 0 saturated heterocycles. The molecule has 2 rings (SSSR count). The zero-order chi connectivity index (χ0) is 9.97. The SMILES string of the molecule is Bc1cncc(C(=O)NCC2CC2)c1. The van der Waals surface area contributed by atoms with Gasteiger partial charge in [0.2, 0.25) is 0 Å². The molecule has 0 unspecified atom stereocenters. The first-order chi connectivity index (χ1) is 6.75. The van der Waals surface area contributed by atoms with E-state index in [4.69, 9.17) is 0 Å². The number of rotatable bonds is 3. The van der Waals surface area contributed by atoms with Crippen LogP contribution in [0.4, 0.5) is 0 Å². The Labute approximate surface area is 84.3 Å². The molecule has 4 heteroatoms. The highest BCUT2D eigenvalue weighted by Crippen LogP contribution is 2.27. The monoisotopic (exact) mass is 188 g/mol. The van der Waals surface area contributed by atoms with Crippen LogP contribution in [0.1, 0.15) is 23.2 Å². The second kappa shape index (κ2) is 3.82. The third kappa shape index (κ3) is 2.34. The van der Waals surface area contributed by atoms with E-state index in [9.17, 15) is 4.79 Å². The Morgan fingerprint density at radius 2 is 2.36 bits per heavy atom. The highest BCUT2D eigenvalue weighted by molar-refractivity contribution is 6.32. The number of pyridine rings is 1. The number of nitrogens with zero attached hydrogens (tertiary/aromatic N) is 1. The Morgan fingerprint density at radius 1 is 1.57 bits per heavy atom. The van der Waals surface area contributed by atoms with Gasteiger partial charge in [0.1, 0.15) is 7.85 Å². The molecule has 72 valence electrons. The van der Waals surface area contributed by atoms with Gasteiger partial charge in [-0.25, -0.2) is 0 Å². The molecule has 0 bridgehead atoms. The summed E-state index contributed by atoms with van der Waals surface area (Å²) in [5.74, 6) is 0.713. The van der Waals surface area contributed by atoms with Gasteiger partial charge < -0.3 is 5.32 Å². The van der Waals surface area contributed by atoms with Crippen LogP contribution in [0.2, 0.25) is 0 Å². The van der Waals surface area contributed by atoms with Crippen molar-refractivity contribution in [3.63, 3.8) is 0 Å². The fraction of sp³-hybridized carbons (Fsp3) is 0.400. The summed E-state index contributed by atoms with van der Waals surface area (Å²) in [5.41, 5.74) is 1.68. The Hall–Kier alpha value is -1.32. The first kappa shape index (κ1) is 9.25. The molecule has 1 saturated carbocycles. The van der Waals surface area contributed by atoms with E-state index in [1.807, 2.05) is 13.9 Å². The van der Waals surface area contributed by atoms with Crippen LogP contribution in [-0.2, 0) is 0 Å². The number of hydrogen-bond donors (Lipinski definition) is 1. The van der Waals surface area contributed by atoms with Gasteiger partial charge in [0, 0.05) is 18.9 Å². The summed E-state index contributed by atoms with van der Waals surface area (Å²) in [4.78, 5) is 15.6. The maximum atomic E-state index is 11.6. The molecule has 0 spiro atoms. The van der Waals surface area contributed by atoms with Crippen molar-refractivity contribution >= 4 is 19.2 Å². The van der Waals surface area contributed by atoms with Crippen LogP contribution in [0.25, 0.3) is 0 Å². The van der Waals surface area contributed by atoms with Gasteiger partial charge in [0.05, 0.1) is 5.56 Å². The highest BCUT2D eigenvalue weighted by atomic mass is 16.1. The van der Waals surface area contributed by atoms with Gasteiger partial charge in [0.25, 0.3) is 5.91 Å². The second-order valence-corrected chi connectivity index (χ2v) is 3.90. The first-order valence-electron chi connectivity index (χ1n) is 4.95. The minimum absolute atomic E-state index is 0.00639. The number of nitrogens with one attached hydrogen (secondary N) is 1. The van der Waals surface area contributed by atoms with Gasteiger partial charge >= 0.3 is 0 Å². The standard InChI is InChI=1S/C10H13BN2O/c11-9-3-8(5-12-6-9)10(14)13-4-7-1-2-7/h3,5-7H,1-2,4,11H2,(H,13,14). The van der Waals surface area contributed by atoms with Gasteiger partial charge in [-0.2, -0.15) is 0 Å². The molecule has 1 N–H and O–H groups in total. The number of hydrogen-bond acceptors (Lipinski definition) is 2. The lowest BCUT2D eigenvalue weighted by Gasteiger charge is -2.03. The number of aromatic nitrogens is 1. The normalized spacial score (nSPS) is 15.1. The predicted molar refractivity (Wildman–Crippen MR) is 57.5 cm³/mol. The molecule has 1 fully saturated rings. The topological polar surface area (TPSA) is 42.0 Å². The van der Waals surface area contributed by atoms with Gasteiger partial charge in [0.15, 0.2) is 0 Å². The molecule has 3 nitrogen and oxygen atoms in total. The van der Waals surface area contributed by atoms with Gasteiger partial charge in [-0.05, 0) is 18.8 Å². The molecule has 1 amide bonds. The number of carbonyl (C=O) groups excluding carboxylic acids is 1. The average molecular weight is 188 g/mol. The minimum Gasteiger partial charge on any atom is -0.352 e. The van der Waals surface area contributed by atoms with Gasteiger partial charge in [-0.15, -0.1) is 0 Å². The summed E-state index contributed by atoms with van der Waals surface area (Å²) in [6.07, 6.45) is 5.87. The molecular weight excluding hydrogens is 175 g/mol. The van der Waals surface area contributed by atoms with Crippen molar-refractivity contribution in [1.29, 1.82) is 0 Å². The average Bonchev–Trinajstić information content (AvgIpc) is 2.97. The predicted octanol–water partition coefficient (Wildman–Crippen LogP) is -0.520. The Morgan fingerprint density at radius 3 is 3.00 bits per heavy atom. The quantitative estimate of drug-likeness (QED) is 0.648. The van der Waals surface area contributed by atoms with E-state index in [1.165, 1.54) is 12.8 Å². The molecule has 0 aliphatic heterocycles. The Kier molecular flexibility index (Phi) is 2.52. The Balaban J connectivity index is 1.95. The summed E-state index contributed by atoms with van der Waals surface area (Å²) in [5, 5.41) is 2.91. The third-order valence-corrected chi connectivity index (χ3v) is 2.39. The minimum atomic E-state index is -0.00639. The highest BCUT2D eigenvalue weighted by Gasteiger charge is 2.21. The summed E-state index contributed by atoms with van der Waals surface area (Å²) in [7, 11) is 1.94. The zero-order valence-corrected chi connectivity index (χ0v) is 8.29. The summed E-state index contributed by atoms with van der Waals surface area (Å²) >= 11 is 0.